The molecule has 0 saturated carbocycles. The van der Waals surface area contributed by atoms with Gasteiger partial charge in [0.2, 0.25) is 0 Å². The van der Waals surface area contributed by atoms with E-state index in [1.807, 2.05) is 0 Å². The van der Waals surface area contributed by atoms with Crippen molar-refractivity contribution >= 4 is 0 Å². The Balaban J connectivity index is 2.93. The molecular formula is C16H21F2N. The van der Waals surface area contributed by atoms with E-state index in [4.69, 9.17) is 0 Å². The van der Waals surface area contributed by atoms with Gasteiger partial charge in [0, 0.05) is 24.1 Å². The van der Waals surface area contributed by atoms with Crippen molar-refractivity contribution in [3.8, 4) is 11.8 Å². The highest BCUT2D eigenvalue weighted by atomic mass is 19.1. The van der Waals surface area contributed by atoms with E-state index in [1.54, 1.807) is 19.9 Å². The maximum atomic E-state index is 13.9. The molecule has 0 aliphatic rings. The Morgan fingerprint density at radius 1 is 1.26 bits per heavy atom. The minimum atomic E-state index is -0.496. The summed E-state index contributed by atoms with van der Waals surface area (Å²) in [5, 5.41) is 3.30. The van der Waals surface area contributed by atoms with Gasteiger partial charge in [0.15, 0.2) is 0 Å². The fourth-order valence-electron chi connectivity index (χ4n) is 1.97. The van der Waals surface area contributed by atoms with Crippen molar-refractivity contribution in [2.24, 2.45) is 0 Å². The van der Waals surface area contributed by atoms with Gasteiger partial charge in [-0.25, -0.2) is 8.78 Å². The lowest BCUT2D eigenvalue weighted by molar-refractivity contribution is 0.473. The SMILES string of the molecule is CC#CCCC(NCCC)c1cc(C)c(F)cc1F. The molecule has 0 amide bonds. The molecule has 0 spiro atoms. The topological polar surface area (TPSA) is 12.0 Å². The minimum absolute atomic E-state index is 0.111. The van der Waals surface area contributed by atoms with Gasteiger partial charge >= 0.3 is 0 Å². The van der Waals surface area contributed by atoms with Crippen LogP contribution in [0.3, 0.4) is 0 Å². The Labute approximate surface area is 114 Å². The maximum Gasteiger partial charge on any atom is 0.130 e. The maximum absolute atomic E-state index is 13.9. The Morgan fingerprint density at radius 2 is 2.00 bits per heavy atom. The number of hydrogen-bond acceptors (Lipinski definition) is 1. The molecule has 1 rings (SSSR count). The number of halogens is 2. The average Bonchev–Trinajstić information content (AvgIpc) is 2.38. The normalized spacial score (nSPS) is 11.8. The average molecular weight is 265 g/mol. The zero-order valence-corrected chi connectivity index (χ0v) is 11.8. The molecule has 19 heavy (non-hydrogen) atoms. The first kappa shape index (κ1) is 15.7. The lowest BCUT2D eigenvalue weighted by atomic mass is 9.99. The van der Waals surface area contributed by atoms with Gasteiger partial charge < -0.3 is 5.32 Å². The molecule has 0 radical (unpaired) electrons. The number of rotatable bonds is 6. The van der Waals surface area contributed by atoms with Gasteiger partial charge in [-0.2, -0.15) is 0 Å². The molecule has 3 heteroatoms. The zero-order valence-electron chi connectivity index (χ0n) is 11.8. The van der Waals surface area contributed by atoms with E-state index in [0.717, 1.165) is 25.5 Å². The monoisotopic (exact) mass is 265 g/mol. The van der Waals surface area contributed by atoms with E-state index >= 15 is 0 Å². The molecule has 0 saturated heterocycles. The first-order chi connectivity index (χ1) is 9.10. The lowest BCUT2D eigenvalue weighted by Crippen LogP contribution is -2.23. The van der Waals surface area contributed by atoms with Crippen LogP contribution in [0, 0.1) is 30.4 Å². The molecule has 0 bridgehead atoms. The van der Waals surface area contributed by atoms with Crippen LogP contribution in [0.25, 0.3) is 0 Å². The Morgan fingerprint density at radius 3 is 2.63 bits per heavy atom. The van der Waals surface area contributed by atoms with Crippen LogP contribution in [0.5, 0.6) is 0 Å². The summed E-state index contributed by atoms with van der Waals surface area (Å²) in [6, 6.07) is 2.45. The van der Waals surface area contributed by atoms with Crippen molar-refractivity contribution in [2.75, 3.05) is 6.54 Å². The highest BCUT2D eigenvalue weighted by Crippen LogP contribution is 2.24. The number of benzene rings is 1. The van der Waals surface area contributed by atoms with Crippen LogP contribution in [0.4, 0.5) is 8.78 Å². The van der Waals surface area contributed by atoms with Crippen LogP contribution in [0.15, 0.2) is 12.1 Å². The second-order valence-corrected chi connectivity index (χ2v) is 4.60. The van der Waals surface area contributed by atoms with E-state index in [1.165, 1.54) is 0 Å². The van der Waals surface area contributed by atoms with Gasteiger partial charge in [-0.05, 0) is 44.9 Å². The molecule has 0 heterocycles. The Hall–Kier alpha value is -1.40. The second kappa shape index (κ2) is 7.91. The first-order valence-electron chi connectivity index (χ1n) is 6.68. The van der Waals surface area contributed by atoms with Crippen LogP contribution in [-0.2, 0) is 0 Å². The van der Waals surface area contributed by atoms with Crippen molar-refractivity contribution in [2.45, 2.75) is 46.1 Å². The van der Waals surface area contributed by atoms with Crippen molar-refractivity contribution < 1.29 is 8.78 Å². The highest BCUT2D eigenvalue weighted by molar-refractivity contribution is 5.28. The third-order valence-electron chi connectivity index (χ3n) is 3.03. The summed E-state index contributed by atoms with van der Waals surface area (Å²) in [5.74, 6) is 4.84. The summed E-state index contributed by atoms with van der Waals surface area (Å²) in [5.41, 5.74) is 1.01. The summed E-state index contributed by atoms with van der Waals surface area (Å²) in [6.45, 7) is 6.31. The van der Waals surface area contributed by atoms with Crippen LogP contribution in [0.2, 0.25) is 0 Å². The van der Waals surface area contributed by atoms with Crippen molar-refractivity contribution in [1.29, 1.82) is 0 Å². The smallest absolute Gasteiger partial charge is 0.130 e. The van der Waals surface area contributed by atoms with Gasteiger partial charge in [0.1, 0.15) is 11.6 Å². The van der Waals surface area contributed by atoms with Crippen LogP contribution >= 0.6 is 0 Å². The molecule has 0 aliphatic heterocycles. The van der Waals surface area contributed by atoms with Crippen molar-refractivity contribution in [3.05, 3.63) is 34.9 Å². The molecule has 1 N–H and O–H groups in total. The molecule has 0 fully saturated rings. The van der Waals surface area contributed by atoms with Gasteiger partial charge in [-0.1, -0.05) is 6.92 Å². The van der Waals surface area contributed by atoms with Crippen LogP contribution in [0.1, 0.15) is 50.3 Å². The lowest BCUT2D eigenvalue weighted by Gasteiger charge is -2.19. The van der Waals surface area contributed by atoms with Gasteiger partial charge in [-0.3, -0.25) is 0 Å². The zero-order chi connectivity index (χ0) is 14.3. The molecule has 104 valence electrons. The largest absolute Gasteiger partial charge is 0.310 e. The second-order valence-electron chi connectivity index (χ2n) is 4.60. The third kappa shape index (κ3) is 4.65. The first-order valence-corrected chi connectivity index (χ1v) is 6.68. The molecule has 1 unspecified atom stereocenters. The van der Waals surface area contributed by atoms with E-state index in [-0.39, 0.29) is 6.04 Å². The molecule has 1 aromatic carbocycles. The summed E-state index contributed by atoms with van der Waals surface area (Å²) in [4.78, 5) is 0. The highest BCUT2D eigenvalue weighted by Gasteiger charge is 2.16. The fourth-order valence-corrected chi connectivity index (χ4v) is 1.97. The molecule has 1 atom stereocenters. The molecule has 0 aliphatic carbocycles. The summed E-state index contributed by atoms with van der Waals surface area (Å²) in [7, 11) is 0. The molecule has 1 aromatic rings. The van der Waals surface area contributed by atoms with E-state index in [0.29, 0.717) is 17.5 Å². The van der Waals surface area contributed by atoms with Gasteiger partial charge in [-0.15, -0.1) is 11.8 Å². The number of hydrogen-bond donors (Lipinski definition) is 1. The Bertz CT molecular complexity index is 472. The molecular weight excluding hydrogens is 244 g/mol. The van der Waals surface area contributed by atoms with Gasteiger partial charge in [0.05, 0.1) is 0 Å². The van der Waals surface area contributed by atoms with E-state index in [9.17, 15) is 8.78 Å². The van der Waals surface area contributed by atoms with Gasteiger partial charge in [0.25, 0.3) is 0 Å². The predicted molar refractivity (Wildman–Crippen MR) is 74.8 cm³/mol. The standard InChI is InChI=1S/C16H21F2N/c1-4-6-7-8-16(19-9-5-2)13-10-12(3)14(17)11-15(13)18/h10-11,16,19H,5,7-9H2,1-3H3. The van der Waals surface area contributed by atoms with Crippen molar-refractivity contribution in [1.82, 2.24) is 5.32 Å². The van der Waals surface area contributed by atoms with E-state index < -0.39 is 11.6 Å². The summed E-state index contributed by atoms with van der Waals surface area (Å²) >= 11 is 0. The summed E-state index contributed by atoms with van der Waals surface area (Å²) in [6.07, 6.45) is 2.40. The quantitative estimate of drug-likeness (QED) is 0.763. The molecule has 0 aromatic heterocycles. The third-order valence-corrected chi connectivity index (χ3v) is 3.03. The van der Waals surface area contributed by atoms with Crippen LogP contribution < -0.4 is 5.32 Å². The minimum Gasteiger partial charge on any atom is -0.310 e. The molecule has 1 nitrogen and oxygen atoms in total. The number of aryl methyl sites for hydroxylation is 1. The van der Waals surface area contributed by atoms with Crippen molar-refractivity contribution in [3.63, 3.8) is 0 Å². The number of nitrogens with one attached hydrogen (secondary N) is 1. The fraction of sp³-hybridized carbons (Fsp3) is 0.500. The summed E-state index contributed by atoms with van der Waals surface area (Å²) < 4.78 is 27.2. The van der Waals surface area contributed by atoms with Crippen LogP contribution in [-0.4, -0.2) is 6.54 Å². The Kier molecular flexibility index (Phi) is 6.52. The predicted octanol–water partition coefficient (Wildman–Crippen LogP) is 4.12. The van der Waals surface area contributed by atoms with E-state index in [2.05, 4.69) is 24.1 Å².